The summed E-state index contributed by atoms with van der Waals surface area (Å²) in [6, 6.07) is 10.6. The molecule has 1 N–H and O–H groups in total. The van der Waals surface area contributed by atoms with Crippen molar-refractivity contribution in [3.63, 3.8) is 0 Å². The first-order valence-electron chi connectivity index (χ1n) is 6.92. The van der Waals surface area contributed by atoms with Crippen LogP contribution in [-0.4, -0.2) is 10.1 Å². The van der Waals surface area contributed by atoms with E-state index in [1.54, 1.807) is 11.8 Å². The number of rotatable bonds is 5. The Morgan fingerprint density at radius 1 is 1.15 bits per heavy atom. The first-order valence-corrected chi connectivity index (χ1v) is 7.91. The van der Waals surface area contributed by atoms with E-state index in [-0.39, 0.29) is 0 Å². The summed E-state index contributed by atoms with van der Waals surface area (Å²) < 4.78 is 0. The second kappa shape index (κ2) is 6.91. The summed E-state index contributed by atoms with van der Waals surface area (Å²) >= 11 is 1.77. The predicted molar refractivity (Wildman–Crippen MR) is 85.0 cm³/mol. The van der Waals surface area contributed by atoms with Crippen molar-refractivity contribution >= 4 is 11.8 Å². The van der Waals surface area contributed by atoms with Gasteiger partial charge in [-0.05, 0) is 38.0 Å². The summed E-state index contributed by atoms with van der Waals surface area (Å²) in [4.78, 5) is 5.46. The average Bonchev–Trinajstić information content (AvgIpc) is 2.44. The van der Waals surface area contributed by atoms with Crippen LogP contribution in [0.25, 0.3) is 0 Å². The lowest BCUT2D eigenvalue weighted by molar-refractivity contribution is 0.169. The van der Waals surface area contributed by atoms with Gasteiger partial charge in [-0.15, -0.1) is 11.8 Å². The molecule has 0 aliphatic heterocycles. The highest BCUT2D eigenvalue weighted by molar-refractivity contribution is 7.98. The van der Waals surface area contributed by atoms with E-state index in [0.717, 1.165) is 16.3 Å². The van der Waals surface area contributed by atoms with Crippen molar-refractivity contribution in [3.05, 3.63) is 58.9 Å². The highest BCUT2D eigenvalue weighted by Crippen LogP contribution is 2.24. The van der Waals surface area contributed by atoms with Gasteiger partial charge in [0, 0.05) is 16.8 Å². The molecule has 2 rings (SSSR count). The quantitative estimate of drug-likeness (QED) is 0.826. The van der Waals surface area contributed by atoms with E-state index in [9.17, 15) is 5.11 Å². The molecule has 0 saturated heterocycles. The lowest BCUT2D eigenvalue weighted by Gasteiger charge is -2.08. The maximum absolute atomic E-state index is 9.72. The van der Waals surface area contributed by atoms with Gasteiger partial charge in [0.05, 0.1) is 11.8 Å². The van der Waals surface area contributed by atoms with E-state index in [4.69, 9.17) is 0 Å². The molecule has 0 fully saturated rings. The third kappa shape index (κ3) is 4.09. The monoisotopic (exact) mass is 287 g/mol. The molecule has 0 saturated carbocycles. The number of aryl methyl sites for hydroxylation is 2. The Hall–Kier alpha value is -1.32. The van der Waals surface area contributed by atoms with Gasteiger partial charge in [-0.25, -0.2) is 0 Å². The molecular formula is C17H21NOS. The van der Waals surface area contributed by atoms with Crippen LogP contribution in [0, 0.1) is 13.8 Å². The van der Waals surface area contributed by atoms with Crippen LogP contribution in [0.15, 0.2) is 41.4 Å². The molecule has 1 aromatic heterocycles. The van der Waals surface area contributed by atoms with Crippen molar-refractivity contribution in [2.75, 3.05) is 0 Å². The fraction of sp³-hybridized carbons (Fsp3) is 0.353. The van der Waals surface area contributed by atoms with E-state index in [1.807, 2.05) is 25.3 Å². The van der Waals surface area contributed by atoms with Crippen LogP contribution in [0.2, 0.25) is 0 Å². The third-order valence-corrected chi connectivity index (χ3v) is 4.23. The molecule has 1 heterocycles. The van der Waals surface area contributed by atoms with Gasteiger partial charge in [-0.1, -0.05) is 36.2 Å². The Bertz CT molecular complexity index is 545. The summed E-state index contributed by atoms with van der Waals surface area (Å²) in [5, 5.41) is 9.72. The van der Waals surface area contributed by atoms with Crippen LogP contribution in [-0.2, 0) is 5.75 Å². The van der Waals surface area contributed by atoms with Gasteiger partial charge in [0.25, 0.3) is 0 Å². The molecule has 106 valence electrons. The number of thioether (sulfide) groups is 1. The summed E-state index contributed by atoms with van der Waals surface area (Å²) in [6.45, 7) is 6.21. The fourth-order valence-corrected chi connectivity index (χ4v) is 2.99. The van der Waals surface area contributed by atoms with E-state index in [2.05, 4.69) is 37.0 Å². The number of aliphatic hydroxyl groups is 1. The summed E-state index contributed by atoms with van der Waals surface area (Å²) in [5.41, 5.74) is 4.70. The number of hydrogen-bond donors (Lipinski definition) is 1. The van der Waals surface area contributed by atoms with Crippen molar-refractivity contribution in [1.29, 1.82) is 0 Å². The Kier molecular flexibility index (Phi) is 5.21. The second-order valence-corrected chi connectivity index (χ2v) is 6.18. The van der Waals surface area contributed by atoms with Gasteiger partial charge in [0.1, 0.15) is 0 Å². The zero-order chi connectivity index (χ0) is 14.5. The van der Waals surface area contributed by atoms with Gasteiger partial charge < -0.3 is 5.11 Å². The lowest BCUT2D eigenvalue weighted by atomic mass is 10.1. The smallest absolute Gasteiger partial charge is 0.0957 e. The molecule has 0 bridgehead atoms. The van der Waals surface area contributed by atoms with Crippen LogP contribution >= 0.6 is 11.8 Å². The molecular weight excluding hydrogens is 266 g/mol. The standard InChI is InChI=1S/C17H21NOS/c1-4-17(19)16-6-5-15(10-18-16)20-11-14-8-12(2)7-13(3)9-14/h5-10,17,19H,4,11H2,1-3H3/t17-/m0/s1. The van der Waals surface area contributed by atoms with Gasteiger partial charge in [0.2, 0.25) is 0 Å². The number of aromatic nitrogens is 1. The lowest BCUT2D eigenvalue weighted by Crippen LogP contribution is -1.97. The van der Waals surface area contributed by atoms with E-state index >= 15 is 0 Å². The molecule has 2 aromatic rings. The molecule has 1 aromatic carbocycles. The minimum atomic E-state index is -0.450. The summed E-state index contributed by atoms with van der Waals surface area (Å²) in [7, 11) is 0. The van der Waals surface area contributed by atoms with Gasteiger partial charge in [-0.2, -0.15) is 0 Å². The first-order chi connectivity index (χ1) is 9.58. The molecule has 0 aliphatic rings. The number of benzene rings is 1. The molecule has 0 unspecified atom stereocenters. The van der Waals surface area contributed by atoms with Crippen molar-refractivity contribution in [3.8, 4) is 0 Å². The van der Waals surface area contributed by atoms with Gasteiger partial charge in [0.15, 0.2) is 0 Å². The number of nitrogens with zero attached hydrogens (tertiary/aromatic N) is 1. The highest BCUT2D eigenvalue weighted by Gasteiger charge is 2.06. The Morgan fingerprint density at radius 3 is 2.40 bits per heavy atom. The fourth-order valence-electron chi connectivity index (χ4n) is 2.20. The Morgan fingerprint density at radius 2 is 1.85 bits per heavy atom. The zero-order valence-electron chi connectivity index (χ0n) is 12.3. The second-order valence-electron chi connectivity index (χ2n) is 5.13. The largest absolute Gasteiger partial charge is 0.387 e. The molecule has 3 heteroatoms. The molecule has 0 aliphatic carbocycles. The molecule has 2 nitrogen and oxygen atoms in total. The van der Waals surface area contributed by atoms with Gasteiger partial charge >= 0.3 is 0 Å². The molecule has 0 amide bonds. The van der Waals surface area contributed by atoms with Gasteiger partial charge in [-0.3, -0.25) is 4.98 Å². The van der Waals surface area contributed by atoms with Crippen molar-refractivity contribution in [2.45, 2.75) is 43.9 Å². The summed E-state index contributed by atoms with van der Waals surface area (Å²) in [6.07, 6.45) is 2.09. The van der Waals surface area contributed by atoms with E-state index < -0.39 is 6.10 Å². The predicted octanol–water partition coefficient (Wildman–Crippen LogP) is 4.43. The zero-order valence-corrected chi connectivity index (χ0v) is 13.1. The molecule has 0 radical (unpaired) electrons. The first kappa shape index (κ1) is 15.1. The third-order valence-electron chi connectivity index (χ3n) is 3.17. The van der Waals surface area contributed by atoms with E-state index in [0.29, 0.717) is 6.42 Å². The van der Waals surface area contributed by atoms with Crippen molar-refractivity contribution in [1.82, 2.24) is 4.98 Å². The Labute approximate surface area is 125 Å². The van der Waals surface area contributed by atoms with Crippen LogP contribution in [0.3, 0.4) is 0 Å². The van der Waals surface area contributed by atoms with Crippen LogP contribution in [0.4, 0.5) is 0 Å². The van der Waals surface area contributed by atoms with Crippen LogP contribution in [0.5, 0.6) is 0 Å². The molecule has 0 spiro atoms. The minimum absolute atomic E-state index is 0.450. The highest BCUT2D eigenvalue weighted by atomic mass is 32.2. The van der Waals surface area contributed by atoms with Crippen molar-refractivity contribution in [2.24, 2.45) is 0 Å². The number of aliphatic hydroxyl groups excluding tert-OH is 1. The maximum Gasteiger partial charge on any atom is 0.0957 e. The Balaban J connectivity index is 2.00. The van der Waals surface area contributed by atoms with Crippen molar-refractivity contribution < 1.29 is 5.11 Å². The molecule has 1 atom stereocenters. The average molecular weight is 287 g/mol. The number of pyridine rings is 1. The van der Waals surface area contributed by atoms with Crippen LogP contribution < -0.4 is 0 Å². The SMILES string of the molecule is CC[C@H](O)c1ccc(SCc2cc(C)cc(C)c2)cn1. The van der Waals surface area contributed by atoms with Crippen LogP contribution in [0.1, 0.15) is 41.8 Å². The normalized spacial score (nSPS) is 12.4. The van der Waals surface area contributed by atoms with E-state index in [1.165, 1.54) is 16.7 Å². The maximum atomic E-state index is 9.72. The molecule has 20 heavy (non-hydrogen) atoms. The summed E-state index contributed by atoms with van der Waals surface area (Å²) in [5.74, 6) is 0.944. The topological polar surface area (TPSA) is 33.1 Å². The number of hydrogen-bond acceptors (Lipinski definition) is 3. The minimum Gasteiger partial charge on any atom is -0.387 e.